The van der Waals surface area contributed by atoms with Gasteiger partial charge >= 0.3 is 0 Å². The van der Waals surface area contributed by atoms with Gasteiger partial charge in [0.2, 0.25) is 0 Å². The lowest BCUT2D eigenvalue weighted by molar-refractivity contribution is 1.16. The summed E-state index contributed by atoms with van der Waals surface area (Å²) in [7, 11) is 0. The van der Waals surface area contributed by atoms with E-state index in [1.54, 1.807) is 23.1 Å². The molecule has 0 atom stereocenters. The van der Waals surface area contributed by atoms with Crippen LogP contribution in [-0.4, -0.2) is 4.98 Å². The second-order valence-corrected chi connectivity index (χ2v) is 5.55. The van der Waals surface area contributed by atoms with Gasteiger partial charge in [0.15, 0.2) is 4.34 Å². The zero-order valence-corrected chi connectivity index (χ0v) is 10.3. The highest BCUT2D eigenvalue weighted by molar-refractivity contribution is 8.01. The molecule has 0 saturated heterocycles. The van der Waals surface area contributed by atoms with Crippen LogP contribution in [0.1, 0.15) is 11.3 Å². The highest BCUT2D eigenvalue weighted by Crippen LogP contribution is 2.31. The van der Waals surface area contributed by atoms with E-state index in [9.17, 15) is 0 Å². The third kappa shape index (κ3) is 2.52. The van der Waals surface area contributed by atoms with Crippen molar-refractivity contribution in [2.24, 2.45) is 0 Å². The minimum Gasteiger partial charge on any atom is -0.398 e. The number of thiazole rings is 1. The van der Waals surface area contributed by atoms with Gasteiger partial charge in [-0.3, -0.25) is 0 Å². The molecule has 0 spiro atoms. The Morgan fingerprint density at radius 1 is 1.33 bits per heavy atom. The Hall–Kier alpha value is -1.00. The van der Waals surface area contributed by atoms with Crippen LogP contribution in [-0.2, 0) is 0 Å². The molecule has 0 aliphatic rings. The molecule has 1 heterocycles. The van der Waals surface area contributed by atoms with E-state index in [-0.39, 0.29) is 0 Å². The molecule has 1 aromatic carbocycles. The van der Waals surface area contributed by atoms with E-state index in [4.69, 9.17) is 5.73 Å². The molecule has 0 aliphatic carbocycles. The van der Waals surface area contributed by atoms with Crippen LogP contribution in [0.15, 0.2) is 32.8 Å². The predicted octanol–water partition coefficient (Wildman–Crippen LogP) is 3.49. The molecule has 0 amide bonds. The number of nitrogens with two attached hydrogens (primary N) is 1. The lowest BCUT2D eigenvalue weighted by Gasteiger charge is -2.02. The van der Waals surface area contributed by atoms with E-state index in [1.165, 1.54) is 0 Å². The number of benzene rings is 1. The Bertz CT molecular complexity index is 477. The van der Waals surface area contributed by atoms with Gasteiger partial charge in [-0.25, -0.2) is 4.98 Å². The van der Waals surface area contributed by atoms with Gasteiger partial charge in [-0.05, 0) is 31.5 Å². The molecule has 4 heteroatoms. The normalized spacial score (nSPS) is 10.5. The fourth-order valence-electron chi connectivity index (χ4n) is 1.16. The molecule has 78 valence electrons. The van der Waals surface area contributed by atoms with Crippen molar-refractivity contribution >= 4 is 28.8 Å². The van der Waals surface area contributed by atoms with Crippen LogP contribution in [0.4, 0.5) is 5.69 Å². The van der Waals surface area contributed by atoms with Crippen LogP contribution in [0.5, 0.6) is 0 Å². The Balaban J connectivity index is 2.21. The molecule has 0 saturated carbocycles. The van der Waals surface area contributed by atoms with E-state index in [0.29, 0.717) is 0 Å². The second-order valence-electron chi connectivity index (χ2n) is 3.38. The first kappa shape index (κ1) is 10.5. The van der Waals surface area contributed by atoms with Gasteiger partial charge in [0, 0.05) is 21.7 Å². The van der Waals surface area contributed by atoms with Gasteiger partial charge in [0.05, 0.1) is 0 Å². The first-order chi connectivity index (χ1) is 7.15. The van der Waals surface area contributed by atoms with E-state index < -0.39 is 0 Å². The van der Waals surface area contributed by atoms with Crippen LogP contribution in [0, 0.1) is 13.8 Å². The number of hydrogen-bond donors (Lipinski definition) is 1. The fraction of sp³-hybridized carbons (Fsp3) is 0.182. The van der Waals surface area contributed by atoms with Gasteiger partial charge in [0.1, 0.15) is 0 Å². The summed E-state index contributed by atoms with van der Waals surface area (Å²) in [5.41, 5.74) is 8.88. The van der Waals surface area contributed by atoms with Crippen molar-refractivity contribution in [3.8, 4) is 0 Å². The molecule has 2 aromatic rings. The largest absolute Gasteiger partial charge is 0.398 e. The first-order valence-corrected chi connectivity index (χ1v) is 6.31. The van der Waals surface area contributed by atoms with Crippen molar-refractivity contribution in [3.05, 3.63) is 34.8 Å². The van der Waals surface area contributed by atoms with Gasteiger partial charge in [-0.15, -0.1) is 11.3 Å². The minimum atomic E-state index is 0.841. The monoisotopic (exact) mass is 236 g/mol. The van der Waals surface area contributed by atoms with Crippen molar-refractivity contribution in [3.63, 3.8) is 0 Å². The Morgan fingerprint density at radius 3 is 2.73 bits per heavy atom. The van der Waals surface area contributed by atoms with E-state index in [1.807, 2.05) is 26.0 Å². The molecule has 2 nitrogen and oxygen atoms in total. The van der Waals surface area contributed by atoms with E-state index >= 15 is 0 Å². The zero-order chi connectivity index (χ0) is 10.8. The molecule has 0 radical (unpaired) electrons. The molecule has 0 unspecified atom stereocenters. The summed E-state index contributed by atoms with van der Waals surface area (Å²) >= 11 is 3.32. The van der Waals surface area contributed by atoms with Gasteiger partial charge in [0.25, 0.3) is 0 Å². The molecular formula is C11H12N2S2. The summed E-state index contributed by atoms with van der Waals surface area (Å²) in [6, 6.07) is 6.11. The molecule has 0 bridgehead atoms. The third-order valence-corrected chi connectivity index (χ3v) is 4.10. The summed E-state index contributed by atoms with van der Waals surface area (Å²) < 4.78 is 1.07. The highest BCUT2D eigenvalue weighted by atomic mass is 32.2. The minimum absolute atomic E-state index is 0.841. The number of nitrogen functional groups attached to an aromatic ring is 1. The van der Waals surface area contributed by atoms with Crippen LogP contribution >= 0.6 is 23.1 Å². The average molecular weight is 236 g/mol. The highest BCUT2D eigenvalue weighted by Gasteiger charge is 2.02. The number of nitrogens with zero attached hydrogens (tertiary/aromatic N) is 1. The molecule has 0 aliphatic heterocycles. The fourth-order valence-corrected chi connectivity index (χ4v) is 3.02. The third-order valence-electron chi connectivity index (χ3n) is 2.05. The number of hydrogen-bond acceptors (Lipinski definition) is 4. The quantitative estimate of drug-likeness (QED) is 0.811. The molecular weight excluding hydrogens is 224 g/mol. The van der Waals surface area contributed by atoms with Gasteiger partial charge in [-0.2, -0.15) is 0 Å². The second kappa shape index (κ2) is 4.24. The van der Waals surface area contributed by atoms with Crippen LogP contribution in [0.25, 0.3) is 0 Å². The molecule has 2 rings (SSSR count). The molecule has 1 aromatic heterocycles. The van der Waals surface area contributed by atoms with Crippen LogP contribution in [0.3, 0.4) is 0 Å². The number of aromatic nitrogens is 1. The van der Waals surface area contributed by atoms with Crippen LogP contribution in [0.2, 0.25) is 0 Å². The molecule has 2 N–H and O–H groups in total. The number of aryl methyl sites for hydroxylation is 2. The van der Waals surface area contributed by atoms with E-state index in [0.717, 1.165) is 26.2 Å². The number of rotatable bonds is 2. The summed E-state index contributed by atoms with van der Waals surface area (Å²) in [6.45, 7) is 4.02. The van der Waals surface area contributed by atoms with Crippen molar-refractivity contribution in [1.29, 1.82) is 0 Å². The lowest BCUT2D eigenvalue weighted by Crippen LogP contribution is -1.88. The molecule has 0 fully saturated rings. The smallest absolute Gasteiger partial charge is 0.154 e. The van der Waals surface area contributed by atoms with Crippen molar-refractivity contribution in [2.45, 2.75) is 23.1 Å². The zero-order valence-electron chi connectivity index (χ0n) is 8.65. The van der Waals surface area contributed by atoms with E-state index in [2.05, 4.69) is 16.4 Å². The Kier molecular flexibility index (Phi) is 2.98. The average Bonchev–Trinajstić information content (AvgIpc) is 2.58. The standard InChI is InChI=1S/C11H12N2S2/c1-7-3-4-9(5-10(7)12)15-11-13-8(2)6-14-11/h3-6H,12H2,1-2H3. The summed E-state index contributed by atoms with van der Waals surface area (Å²) in [4.78, 5) is 5.54. The van der Waals surface area contributed by atoms with Crippen LogP contribution < -0.4 is 5.73 Å². The maximum atomic E-state index is 5.85. The maximum absolute atomic E-state index is 5.85. The van der Waals surface area contributed by atoms with Crippen molar-refractivity contribution in [2.75, 3.05) is 5.73 Å². The predicted molar refractivity (Wildman–Crippen MR) is 66.6 cm³/mol. The summed E-state index contributed by atoms with van der Waals surface area (Å²) in [5, 5.41) is 2.06. The Labute approximate surface area is 97.5 Å². The van der Waals surface area contributed by atoms with Gasteiger partial charge < -0.3 is 5.73 Å². The summed E-state index contributed by atoms with van der Waals surface area (Å²) in [6.07, 6.45) is 0. The topological polar surface area (TPSA) is 38.9 Å². The van der Waals surface area contributed by atoms with Crippen molar-refractivity contribution < 1.29 is 0 Å². The lowest BCUT2D eigenvalue weighted by atomic mass is 10.2. The maximum Gasteiger partial charge on any atom is 0.154 e. The molecule has 15 heavy (non-hydrogen) atoms. The first-order valence-electron chi connectivity index (χ1n) is 4.61. The summed E-state index contributed by atoms with van der Waals surface area (Å²) in [5.74, 6) is 0. The van der Waals surface area contributed by atoms with Gasteiger partial charge in [-0.1, -0.05) is 17.8 Å². The SMILES string of the molecule is Cc1csc(Sc2ccc(C)c(N)c2)n1. The number of anilines is 1. The Morgan fingerprint density at radius 2 is 2.13 bits per heavy atom. The van der Waals surface area contributed by atoms with Crippen molar-refractivity contribution in [1.82, 2.24) is 4.98 Å².